The number of benzene rings is 2. The molecule has 31 heavy (non-hydrogen) atoms. The first kappa shape index (κ1) is 22.5. The van der Waals surface area contributed by atoms with Gasteiger partial charge in [0, 0.05) is 42.0 Å². The topological polar surface area (TPSA) is 90.5 Å². The molecule has 1 aliphatic heterocycles. The van der Waals surface area contributed by atoms with Gasteiger partial charge >= 0.3 is 0 Å². The van der Waals surface area contributed by atoms with Gasteiger partial charge < -0.3 is 16.0 Å². The Morgan fingerprint density at radius 2 is 1.52 bits per heavy atom. The molecule has 1 heterocycles. The second kappa shape index (κ2) is 10.7. The minimum absolute atomic E-state index is 0.0293. The average molecular weight is 423 g/mol. The van der Waals surface area contributed by atoms with Crippen LogP contribution in [0, 0.1) is 5.92 Å². The van der Waals surface area contributed by atoms with Gasteiger partial charge in [-0.3, -0.25) is 19.3 Å². The summed E-state index contributed by atoms with van der Waals surface area (Å²) in [5.74, 6) is -0.306. The van der Waals surface area contributed by atoms with E-state index in [-0.39, 0.29) is 29.7 Å². The number of nitrogens with one attached hydrogen (secondary N) is 3. The molecule has 0 saturated carbocycles. The van der Waals surface area contributed by atoms with Crippen LogP contribution < -0.4 is 16.0 Å². The summed E-state index contributed by atoms with van der Waals surface area (Å²) in [6.07, 6.45) is 1.60. The standard InChI is InChI=1S/C24H30N4O3/c1-17(2)23(30)26-20-10-8-18(9-11-20)24(31)27-21-12-14-28(15-13-21)16-22(29)25-19-6-4-3-5-7-19/h3-11,17,21H,12-16H2,1-2H3,(H,25,29)(H,26,30)(H,27,31). The van der Waals surface area contributed by atoms with Crippen molar-refractivity contribution in [1.29, 1.82) is 0 Å². The smallest absolute Gasteiger partial charge is 0.251 e. The third-order valence-corrected chi connectivity index (χ3v) is 5.29. The molecule has 0 atom stereocenters. The van der Waals surface area contributed by atoms with Crippen molar-refractivity contribution < 1.29 is 14.4 Å². The highest BCUT2D eigenvalue weighted by Crippen LogP contribution is 2.14. The molecule has 0 aliphatic carbocycles. The maximum Gasteiger partial charge on any atom is 0.251 e. The third-order valence-electron chi connectivity index (χ3n) is 5.29. The first-order valence-corrected chi connectivity index (χ1v) is 10.7. The quantitative estimate of drug-likeness (QED) is 0.640. The van der Waals surface area contributed by atoms with Crippen LogP contribution in [0.3, 0.4) is 0 Å². The van der Waals surface area contributed by atoms with Crippen molar-refractivity contribution in [3.63, 3.8) is 0 Å². The van der Waals surface area contributed by atoms with Gasteiger partial charge in [0.1, 0.15) is 0 Å². The molecule has 0 bridgehead atoms. The van der Waals surface area contributed by atoms with Crippen LogP contribution >= 0.6 is 0 Å². The third kappa shape index (κ3) is 6.93. The SMILES string of the molecule is CC(C)C(=O)Nc1ccc(C(=O)NC2CCN(CC(=O)Nc3ccccc3)CC2)cc1. The number of likely N-dealkylation sites (tertiary alicyclic amines) is 1. The molecule has 2 aromatic carbocycles. The van der Waals surface area contributed by atoms with Gasteiger partial charge in [0.05, 0.1) is 6.54 Å². The summed E-state index contributed by atoms with van der Waals surface area (Å²) in [4.78, 5) is 38.6. The normalized spacial score (nSPS) is 14.8. The average Bonchev–Trinajstić information content (AvgIpc) is 2.76. The largest absolute Gasteiger partial charge is 0.349 e. The molecular formula is C24H30N4O3. The summed E-state index contributed by atoms with van der Waals surface area (Å²) >= 11 is 0. The Bertz CT molecular complexity index is 889. The number of para-hydroxylation sites is 1. The Morgan fingerprint density at radius 3 is 2.13 bits per heavy atom. The van der Waals surface area contributed by atoms with Crippen molar-refractivity contribution in [2.45, 2.75) is 32.7 Å². The van der Waals surface area contributed by atoms with Crippen LogP contribution in [0.4, 0.5) is 11.4 Å². The molecule has 0 radical (unpaired) electrons. The van der Waals surface area contributed by atoms with Gasteiger partial charge in [-0.15, -0.1) is 0 Å². The van der Waals surface area contributed by atoms with E-state index in [0.29, 0.717) is 17.8 Å². The molecule has 3 amide bonds. The molecule has 1 aliphatic rings. The van der Waals surface area contributed by atoms with Crippen LogP contribution in [0.1, 0.15) is 37.0 Å². The number of carbonyl (C=O) groups is 3. The van der Waals surface area contributed by atoms with Gasteiger partial charge in [0.25, 0.3) is 5.91 Å². The molecule has 7 nitrogen and oxygen atoms in total. The number of hydrogen-bond donors (Lipinski definition) is 3. The first-order valence-electron chi connectivity index (χ1n) is 10.7. The number of hydrogen-bond acceptors (Lipinski definition) is 4. The van der Waals surface area contributed by atoms with E-state index in [1.54, 1.807) is 24.3 Å². The van der Waals surface area contributed by atoms with E-state index < -0.39 is 0 Å². The lowest BCUT2D eigenvalue weighted by molar-refractivity contribution is -0.119. The van der Waals surface area contributed by atoms with Crippen molar-refractivity contribution in [3.05, 3.63) is 60.2 Å². The van der Waals surface area contributed by atoms with Crippen LogP contribution in [0.15, 0.2) is 54.6 Å². The Morgan fingerprint density at radius 1 is 0.903 bits per heavy atom. The van der Waals surface area contributed by atoms with Crippen LogP contribution in [0.5, 0.6) is 0 Å². The monoisotopic (exact) mass is 422 g/mol. The number of rotatable bonds is 7. The summed E-state index contributed by atoms with van der Waals surface area (Å²) in [6, 6.07) is 16.4. The molecule has 7 heteroatoms. The summed E-state index contributed by atoms with van der Waals surface area (Å²) in [5, 5.41) is 8.79. The lowest BCUT2D eigenvalue weighted by Crippen LogP contribution is -2.46. The number of anilines is 2. The molecular weight excluding hydrogens is 392 g/mol. The fourth-order valence-corrected chi connectivity index (χ4v) is 3.42. The maximum atomic E-state index is 12.5. The minimum Gasteiger partial charge on any atom is -0.349 e. The highest BCUT2D eigenvalue weighted by atomic mass is 16.2. The Kier molecular flexibility index (Phi) is 7.78. The van der Waals surface area contributed by atoms with Crippen LogP contribution in [-0.4, -0.2) is 48.3 Å². The summed E-state index contributed by atoms with van der Waals surface area (Å²) in [7, 11) is 0. The van der Waals surface area contributed by atoms with Crippen molar-refractivity contribution in [2.24, 2.45) is 5.92 Å². The van der Waals surface area contributed by atoms with Crippen LogP contribution in [0.25, 0.3) is 0 Å². The second-order valence-corrected chi connectivity index (χ2v) is 8.16. The van der Waals surface area contributed by atoms with Gasteiger partial charge in [-0.05, 0) is 49.2 Å². The highest BCUT2D eigenvalue weighted by Gasteiger charge is 2.22. The molecule has 3 rings (SSSR count). The number of piperidine rings is 1. The van der Waals surface area contributed by atoms with E-state index in [1.165, 1.54) is 0 Å². The second-order valence-electron chi connectivity index (χ2n) is 8.16. The first-order chi connectivity index (χ1) is 14.9. The zero-order chi connectivity index (χ0) is 22.2. The van der Waals surface area contributed by atoms with E-state index in [1.807, 2.05) is 44.2 Å². The predicted octanol–water partition coefficient (Wildman–Crippen LogP) is 3.11. The molecule has 0 unspecified atom stereocenters. The molecule has 0 spiro atoms. The summed E-state index contributed by atoms with van der Waals surface area (Å²) in [6.45, 7) is 5.52. The minimum atomic E-state index is -0.123. The highest BCUT2D eigenvalue weighted by molar-refractivity contribution is 5.96. The van der Waals surface area contributed by atoms with E-state index in [0.717, 1.165) is 31.6 Å². The van der Waals surface area contributed by atoms with Gasteiger partial charge in [0.15, 0.2) is 0 Å². The van der Waals surface area contributed by atoms with Gasteiger partial charge in [-0.1, -0.05) is 32.0 Å². The zero-order valence-electron chi connectivity index (χ0n) is 18.1. The van der Waals surface area contributed by atoms with Crippen LogP contribution in [0.2, 0.25) is 0 Å². The van der Waals surface area contributed by atoms with Crippen LogP contribution in [-0.2, 0) is 9.59 Å². The van der Waals surface area contributed by atoms with E-state index >= 15 is 0 Å². The van der Waals surface area contributed by atoms with Crippen molar-refractivity contribution >= 4 is 29.1 Å². The number of nitrogens with zero attached hydrogens (tertiary/aromatic N) is 1. The van der Waals surface area contributed by atoms with Gasteiger partial charge in [-0.2, -0.15) is 0 Å². The fraction of sp³-hybridized carbons (Fsp3) is 0.375. The van der Waals surface area contributed by atoms with Crippen molar-refractivity contribution in [2.75, 3.05) is 30.3 Å². The molecule has 164 valence electrons. The Hall–Kier alpha value is -3.19. The van der Waals surface area contributed by atoms with E-state index in [4.69, 9.17) is 0 Å². The Balaban J connectivity index is 1.41. The molecule has 1 fully saturated rings. The fourth-order valence-electron chi connectivity index (χ4n) is 3.42. The summed E-state index contributed by atoms with van der Waals surface area (Å²) in [5.41, 5.74) is 2.04. The van der Waals surface area contributed by atoms with Gasteiger partial charge in [0.2, 0.25) is 11.8 Å². The lowest BCUT2D eigenvalue weighted by atomic mass is 10.0. The van der Waals surface area contributed by atoms with Gasteiger partial charge in [-0.25, -0.2) is 0 Å². The lowest BCUT2D eigenvalue weighted by Gasteiger charge is -2.31. The summed E-state index contributed by atoms with van der Waals surface area (Å²) < 4.78 is 0. The number of carbonyl (C=O) groups excluding carboxylic acids is 3. The van der Waals surface area contributed by atoms with Crippen molar-refractivity contribution in [1.82, 2.24) is 10.2 Å². The number of amides is 3. The Labute approximate surface area is 183 Å². The molecule has 0 aromatic heterocycles. The van der Waals surface area contributed by atoms with E-state index in [2.05, 4.69) is 20.9 Å². The molecule has 1 saturated heterocycles. The maximum absolute atomic E-state index is 12.5. The van der Waals surface area contributed by atoms with Crippen molar-refractivity contribution in [3.8, 4) is 0 Å². The predicted molar refractivity (Wildman–Crippen MR) is 122 cm³/mol. The molecule has 2 aromatic rings. The zero-order valence-corrected chi connectivity index (χ0v) is 18.1. The molecule has 3 N–H and O–H groups in total. The van der Waals surface area contributed by atoms with E-state index in [9.17, 15) is 14.4 Å².